The topological polar surface area (TPSA) is 42.2 Å². The molecule has 5 heteroatoms. The number of halogens is 2. The summed E-state index contributed by atoms with van der Waals surface area (Å²) in [5.74, 6) is 0.288. The summed E-state index contributed by atoms with van der Waals surface area (Å²) in [7, 11) is 1.61. The highest BCUT2D eigenvalue weighted by Gasteiger charge is 2.46. The third-order valence-electron chi connectivity index (χ3n) is 4.35. The highest BCUT2D eigenvalue weighted by atomic mass is 35.5. The SMILES string of the molecule is COc1ccc(COCc2c(C3(C#N)CC3)ccc(F)c2Cl)cc1. The fourth-order valence-electron chi connectivity index (χ4n) is 2.74. The number of nitrogens with zero attached hydrogens (tertiary/aromatic N) is 1. The Morgan fingerprint density at radius 2 is 1.88 bits per heavy atom. The van der Waals surface area contributed by atoms with E-state index in [1.54, 1.807) is 13.2 Å². The molecule has 1 aliphatic rings. The second-order valence-electron chi connectivity index (χ2n) is 5.92. The van der Waals surface area contributed by atoms with E-state index in [1.807, 2.05) is 24.3 Å². The number of benzene rings is 2. The fourth-order valence-corrected chi connectivity index (χ4v) is 2.96. The average molecular weight is 346 g/mol. The van der Waals surface area contributed by atoms with Gasteiger partial charge in [-0.3, -0.25) is 0 Å². The van der Waals surface area contributed by atoms with Crippen LogP contribution >= 0.6 is 11.6 Å². The van der Waals surface area contributed by atoms with Crippen LogP contribution in [-0.4, -0.2) is 7.11 Å². The van der Waals surface area contributed by atoms with Crippen molar-refractivity contribution in [2.24, 2.45) is 0 Å². The summed E-state index contributed by atoms with van der Waals surface area (Å²) in [6.45, 7) is 0.539. The van der Waals surface area contributed by atoms with Crippen LogP contribution in [0.5, 0.6) is 5.75 Å². The standard InChI is InChI=1S/C19H17ClFNO2/c1-23-14-4-2-13(3-5-14)10-24-11-15-16(19(12-22)8-9-19)6-7-17(21)18(15)20/h2-7H,8-11H2,1H3. The lowest BCUT2D eigenvalue weighted by molar-refractivity contribution is 0.106. The predicted octanol–water partition coefficient (Wildman–Crippen LogP) is 4.76. The second kappa shape index (κ2) is 6.80. The van der Waals surface area contributed by atoms with Crippen molar-refractivity contribution in [3.63, 3.8) is 0 Å². The van der Waals surface area contributed by atoms with Gasteiger partial charge >= 0.3 is 0 Å². The van der Waals surface area contributed by atoms with E-state index in [1.165, 1.54) is 6.07 Å². The van der Waals surface area contributed by atoms with E-state index in [4.69, 9.17) is 21.1 Å². The van der Waals surface area contributed by atoms with E-state index >= 15 is 0 Å². The van der Waals surface area contributed by atoms with Crippen molar-refractivity contribution in [1.29, 1.82) is 5.26 Å². The molecule has 0 spiro atoms. The smallest absolute Gasteiger partial charge is 0.142 e. The van der Waals surface area contributed by atoms with Gasteiger partial charge in [0.25, 0.3) is 0 Å². The molecule has 2 aromatic carbocycles. The first-order chi connectivity index (χ1) is 11.6. The van der Waals surface area contributed by atoms with Gasteiger partial charge in [0.1, 0.15) is 11.6 Å². The van der Waals surface area contributed by atoms with Crippen LogP contribution in [0.4, 0.5) is 4.39 Å². The number of rotatable bonds is 6. The number of nitriles is 1. The maximum absolute atomic E-state index is 13.8. The first-order valence-electron chi connectivity index (χ1n) is 7.69. The van der Waals surface area contributed by atoms with Crippen molar-refractivity contribution in [2.75, 3.05) is 7.11 Å². The number of methoxy groups -OCH3 is 1. The van der Waals surface area contributed by atoms with Gasteiger partial charge in [0.2, 0.25) is 0 Å². The lowest BCUT2D eigenvalue weighted by Crippen LogP contribution is -2.10. The molecule has 24 heavy (non-hydrogen) atoms. The molecule has 0 heterocycles. The van der Waals surface area contributed by atoms with Crippen LogP contribution < -0.4 is 4.74 Å². The third-order valence-corrected chi connectivity index (χ3v) is 4.76. The Hall–Kier alpha value is -2.09. The summed E-state index contributed by atoms with van der Waals surface area (Å²) in [5, 5.41) is 9.45. The maximum atomic E-state index is 13.8. The van der Waals surface area contributed by atoms with Crippen molar-refractivity contribution in [1.82, 2.24) is 0 Å². The Morgan fingerprint density at radius 3 is 2.46 bits per heavy atom. The van der Waals surface area contributed by atoms with Gasteiger partial charge in [-0.1, -0.05) is 29.8 Å². The van der Waals surface area contributed by atoms with Crippen LogP contribution in [0, 0.1) is 17.1 Å². The molecule has 0 radical (unpaired) electrons. The van der Waals surface area contributed by atoms with Gasteiger partial charge in [-0.25, -0.2) is 4.39 Å². The Morgan fingerprint density at radius 1 is 1.17 bits per heavy atom. The summed E-state index contributed by atoms with van der Waals surface area (Å²) >= 11 is 6.13. The van der Waals surface area contributed by atoms with Crippen molar-refractivity contribution < 1.29 is 13.9 Å². The quantitative estimate of drug-likeness (QED) is 0.758. The van der Waals surface area contributed by atoms with Gasteiger partial charge in [-0.15, -0.1) is 0 Å². The third kappa shape index (κ3) is 3.24. The van der Waals surface area contributed by atoms with Crippen LogP contribution in [0.15, 0.2) is 36.4 Å². The highest BCUT2D eigenvalue weighted by molar-refractivity contribution is 6.31. The molecule has 0 saturated heterocycles. The molecule has 0 amide bonds. The van der Waals surface area contributed by atoms with Gasteiger partial charge in [0.05, 0.1) is 36.8 Å². The van der Waals surface area contributed by atoms with E-state index in [0.717, 1.165) is 29.7 Å². The minimum absolute atomic E-state index is 0.0451. The zero-order valence-corrected chi connectivity index (χ0v) is 14.1. The summed E-state index contributed by atoms with van der Waals surface area (Å²) in [4.78, 5) is 0. The van der Waals surface area contributed by atoms with Crippen molar-refractivity contribution in [3.05, 3.63) is 63.9 Å². The van der Waals surface area contributed by atoms with E-state index in [2.05, 4.69) is 6.07 Å². The van der Waals surface area contributed by atoms with E-state index in [0.29, 0.717) is 12.2 Å². The van der Waals surface area contributed by atoms with Gasteiger partial charge in [-0.2, -0.15) is 5.26 Å². The molecule has 1 fully saturated rings. The van der Waals surface area contributed by atoms with Gasteiger partial charge in [-0.05, 0) is 42.2 Å². The van der Waals surface area contributed by atoms with Crippen LogP contribution in [0.3, 0.4) is 0 Å². The van der Waals surface area contributed by atoms with Gasteiger partial charge < -0.3 is 9.47 Å². The molecule has 2 aromatic rings. The van der Waals surface area contributed by atoms with E-state index in [-0.39, 0.29) is 11.6 Å². The van der Waals surface area contributed by atoms with E-state index < -0.39 is 11.2 Å². The Balaban J connectivity index is 1.74. The van der Waals surface area contributed by atoms with Crippen molar-refractivity contribution in [3.8, 4) is 11.8 Å². The minimum Gasteiger partial charge on any atom is -0.497 e. The van der Waals surface area contributed by atoms with Crippen LogP contribution in [0.1, 0.15) is 29.5 Å². The summed E-state index contributed by atoms with van der Waals surface area (Å²) in [6, 6.07) is 12.8. The normalized spacial score (nSPS) is 14.9. The fraction of sp³-hybridized carbons (Fsp3) is 0.316. The molecule has 0 aromatic heterocycles. The van der Waals surface area contributed by atoms with Gasteiger partial charge in [0.15, 0.2) is 0 Å². The summed E-state index contributed by atoms with van der Waals surface area (Å²) in [5.41, 5.74) is 1.80. The molecular weight excluding hydrogens is 329 g/mol. The van der Waals surface area contributed by atoms with Crippen LogP contribution in [0.2, 0.25) is 5.02 Å². The second-order valence-corrected chi connectivity index (χ2v) is 6.30. The Labute approximate surface area is 145 Å². The number of hydrogen-bond acceptors (Lipinski definition) is 3. The molecule has 0 atom stereocenters. The van der Waals surface area contributed by atoms with Crippen molar-refractivity contribution in [2.45, 2.75) is 31.5 Å². The molecule has 0 N–H and O–H groups in total. The van der Waals surface area contributed by atoms with Gasteiger partial charge in [0, 0.05) is 5.56 Å². The zero-order chi connectivity index (χ0) is 17.2. The summed E-state index contributed by atoms with van der Waals surface area (Å²) in [6.07, 6.45) is 1.55. The lowest BCUT2D eigenvalue weighted by atomic mass is 9.92. The van der Waals surface area contributed by atoms with Crippen molar-refractivity contribution >= 4 is 11.6 Å². The molecule has 1 saturated carbocycles. The maximum Gasteiger partial charge on any atom is 0.142 e. The molecule has 0 bridgehead atoms. The highest BCUT2D eigenvalue weighted by Crippen LogP contribution is 2.50. The Kier molecular flexibility index (Phi) is 4.75. The molecular formula is C19H17ClFNO2. The molecule has 0 unspecified atom stereocenters. The molecule has 124 valence electrons. The number of ether oxygens (including phenoxy) is 2. The zero-order valence-electron chi connectivity index (χ0n) is 13.3. The largest absolute Gasteiger partial charge is 0.497 e. The minimum atomic E-state index is -0.532. The molecule has 0 aliphatic heterocycles. The lowest BCUT2D eigenvalue weighted by Gasteiger charge is -2.16. The summed E-state index contributed by atoms with van der Waals surface area (Å²) < 4.78 is 24.7. The first-order valence-corrected chi connectivity index (χ1v) is 8.07. The van der Waals surface area contributed by atoms with E-state index in [9.17, 15) is 9.65 Å². The predicted molar refractivity (Wildman–Crippen MR) is 89.4 cm³/mol. The monoisotopic (exact) mass is 345 g/mol. The molecule has 1 aliphatic carbocycles. The first kappa shape index (κ1) is 16.8. The average Bonchev–Trinajstić information content (AvgIpc) is 3.40. The number of hydrogen-bond donors (Lipinski definition) is 0. The Bertz CT molecular complexity index is 779. The molecule has 3 rings (SSSR count). The molecule has 3 nitrogen and oxygen atoms in total. The van der Waals surface area contributed by atoms with Crippen LogP contribution in [-0.2, 0) is 23.4 Å². The van der Waals surface area contributed by atoms with Crippen LogP contribution in [0.25, 0.3) is 0 Å².